The van der Waals surface area contributed by atoms with E-state index >= 15 is 0 Å². The second-order valence-electron chi connectivity index (χ2n) is 6.35. The van der Waals surface area contributed by atoms with Crippen molar-refractivity contribution in [1.82, 2.24) is 15.0 Å². The minimum absolute atomic E-state index is 0.0225. The van der Waals surface area contributed by atoms with Gasteiger partial charge in [-0.15, -0.1) is 0 Å². The van der Waals surface area contributed by atoms with Gasteiger partial charge >= 0.3 is 5.69 Å². The Bertz CT molecular complexity index is 1310. The third kappa shape index (κ3) is 3.59. The first-order valence-corrected chi connectivity index (χ1v) is 9.80. The van der Waals surface area contributed by atoms with Gasteiger partial charge in [0.25, 0.3) is 0 Å². The zero-order valence-corrected chi connectivity index (χ0v) is 16.8. The molecule has 0 spiro atoms. The van der Waals surface area contributed by atoms with Gasteiger partial charge in [0.05, 0.1) is 22.2 Å². The molecule has 0 saturated carbocycles. The molecule has 1 aliphatic heterocycles. The highest BCUT2D eigenvalue weighted by Crippen LogP contribution is 2.38. The molecule has 2 aromatic carbocycles. The van der Waals surface area contributed by atoms with Crippen molar-refractivity contribution in [3.63, 3.8) is 0 Å². The molecule has 11 nitrogen and oxygen atoms in total. The Hall–Kier alpha value is -4.19. The van der Waals surface area contributed by atoms with Crippen molar-refractivity contribution >= 4 is 49.7 Å². The monoisotopic (exact) mass is 438 g/mol. The minimum atomic E-state index is -0.548. The molecule has 156 valence electrons. The quantitative estimate of drug-likeness (QED) is 0.333. The Morgan fingerprint density at radius 2 is 1.90 bits per heavy atom. The van der Waals surface area contributed by atoms with E-state index in [0.717, 1.165) is 10.2 Å². The summed E-state index contributed by atoms with van der Waals surface area (Å²) in [5.41, 5.74) is 0.991. The fourth-order valence-corrected chi connectivity index (χ4v) is 3.93. The Morgan fingerprint density at radius 3 is 2.71 bits per heavy atom. The number of rotatable bonds is 6. The van der Waals surface area contributed by atoms with Gasteiger partial charge in [-0.25, -0.2) is 15.0 Å². The third-order valence-electron chi connectivity index (χ3n) is 4.46. The van der Waals surface area contributed by atoms with Gasteiger partial charge in [-0.3, -0.25) is 10.1 Å². The van der Waals surface area contributed by atoms with Gasteiger partial charge in [0.1, 0.15) is 12.1 Å². The Labute approximate surface area is 178 Å². The molecule has 12 heteroatoms. The maximum absolute atomic E-state index is 11.8. The summed E-state index contributed by atoms with van der Waals surface area (Å²) in [6, 6.07) is 10.6. The summed E-state index contributed by atoms with van der Waals surface area (Å²) in [5, 5.41) is 18.2. The molecule has 2 N–H and O–H groups in total. The molecule has 1 aliphatic rings. The van der Waals surface area contributed by atoms with Crippen LogP contribution in [-0.2, 0) is 0 Å². The van der Waals surface area contributed by atoms with Crippen molar-refractivity contribution < 1.29 is 19.1 Å². The predicted octanol–water partition coefficient (Wildman–Crippen LogP) is 4.22. The molecule has 5 rings (SSSR count). The van der Waals surface area contributed by atoms with Gasteiger partial charge in [-0.05, 0) is 30.3 Å². The van der Waals surface area contributed by atoms with E-state index in [1.165, 1.54) is 17.7 Å². The maximum atomic E-state index is 11.8. The summed E-state index contributed by atoms with van der Waals surface area (Å²) in [7, 11) is 1.58. The molecule has 0 aliphatic carbocycles. The highest BCUT2D eigenvalue weighted by atomic mass is 32.1. The summed E-state index contributed by atoms with van der Waals surface area (Å²) < 4.78 is 16.7. The number of hydrogen-bond donors (Lipinski definition) is 2. The van der Waals surface area contributed by atoms with E-state index in [4.69, 9.17) is 14.2 Å². The van der Waals surface area contributed by atoms with Crippen LogP contribution in [0.4, 0.5) is 28.1 Å². The second kappa shape index (κ2) is 7.57. The van der Waals surface area contributed by atoms with Crippen LogP contribution in [0.15, 0.2) is 42.7 Å². The summed E-state index contributed by atoms with van der Waals surface area (Å²) in [5.74, 6) is 1.91. The summed E-state index contributed by atoms with van der Waals surface area (Å²) in [6.45, 7) is 0.133. The highest BCUT2D eigenvalue weighted by Gasteiger charge is 2.25. The molecular weight excluding hydrogens is 424 g/mol. The molecular formula is C19H14N6O5S. The van der Waals surface area contributed by atoms with Gasteiger partial charge in [0, 0.05) is 11.8 Å². The molecule has 0 unspecified atom stereocenters. The van der Waals surface area contributed by atoms with Crippen LogP contribution < -0.4 is 24.8 Å². The number of nitro groups is 1. The van der Waals surface area contributed by atoms with E-state index in [1.54, 1.807) is 31.4 Å². The van der Waals surface area contributed by atoms with Crippen molar-refractivity contribution in [1.29, 1.82) is 0 Å². The topological polar surface area (TPSA) is 134 Å². The number of benzene rings is 2. The molecule has 2 aromatic heterocycles. The van der Waals surface area contributed by atoms with Gasteiger partial charge in [0.2, 0.25) is 18.4 Å². The van der Waals surface area contributed by atoms with Crippen molar-refractivity contribution in [3.05, 3.63) is 52.8 Å². The standard InChI is InChI=1S/C19H14N6O5S/c1-28-11-3-4-12-15(7-11)31-19(23-12)24-18-16(25(26)27)17(20-8-21-18)22-10-2-5-13-14(6-10)30-9-29-13/h2-8H,9H2,1H3,(H2,20,21,22,23,24). The lowest BCUT2D eigenvalue weighted by Gasteiger charge is -2.09. The van der Waals surface area contributed by atoms with Crippen molar-refractivity contribution in [3.8, 4) is 17.2 Å². The Kier molecular flexibility index (Phi) is 4.59. The number of fused-ring (bicyclic) bond motifs is 2. The second-order valence-corrected chi connectivity index (χ2v) is 7.38. The van der Waals surface area contributed by atoms with Crippen LogP contribution in [0.5, 0.6) is 17.2 Å². The van der Waals surface area contributed by atoms with E-state index in [2.05, 4.69) is 25.6 Å². The fraction of sp³-hybridized carbons (Fsp3) is 0.105. The smallest absolute Gasteiger partial charge is 0.353 e. The molecule has 0 amide bonds. The van der Waals surface area contributed by atoms with Crippen molar-refractivity contribution in [2.45, 2.75) is 0 Å². The van der Waals surface area contributed by atoms with E-state index in [-0.39, 0.29) is 24.1 Å². The Balaban J connectivity index is 1.47. The molecule has 0 bridgehead atoms. The molecule has 0 atom stereocenters. The van der Waals surface area contributed by atoms with Gasteiger partial charge in [-0.2, -0.15) is 0 Å². The number of anilines is 4. The molecule has 0 fully saturated rings. The first-order chi connectivity index (χ1) is 15.1. The first-order valence-electron chi connectivity index (χ1n) is 8.98. The summed E-state index contributed by atoms with van der Waals surface area (Å²) in [6.07, 6.45) is 1.24. The van der Waals surface area contributed by atoms with Crippen molar-refractivity contribution in [2.24, 2.45) is 0 Å². The fourth-order valence-electron chi connectivity index (χ4n) is 3.03. The number of aromatic nitrogens is 3. The molecule has 31 heavy (non-hydrogen) atoms. The number of thiazole rings is 1. The van der Waals surface area contributed by atoms with E-state index in [0.29, 0.717) is 28.1 Å². The van der Waals surface area contributed by atoms with Crippen LogP contribution in [-0.4, -0.2) is 33.8 Å². The number of ether oxygens (including phenoxy) is 3. The highest BCUT2D eigenvalue weighted by molar-refractivity contribution is 7.22. The SMILES string of the molecule is COc1ccc2nc(Nc3ncnc(Nc4ccc5c(c4)OCO5)c3[N+](=O)[O-])sc2c1. The number of hydrogen-bond acceptors (Lipinski definition) is 11. The Morgan fingerprint density at radius 1 is 1.10 bits per heavy atom. The van der Waals surface area contributed by atoms with Gasteiger partial charge in [0.15, 0.2) is 16.6 Å². The minimum Gasteiger partial charge on any atom is -0.497 e. The molecule has 3 heterocycles. The lowest BCUT2D eigenvalue weighted by molar-refractivity contribution is -0.383. The lowest BCUT2D eigenvalue weighted by atomic mass is 10.2. The van der Waals surface area contributed by atoms with Gasteiger partial charge < -0.3 is 24.8 Å². The van der Waals surface area contributed by atoms with E-state index < -0.39 is 4.92 Å². The van der Waals surface area contributed by atoms with Crippen molar-refractivity contribution in [2.75, 3.05) is 24.5 Å². The van der Waals surface area contributed by atoms with Gasteiger partial charge in [-0.1, -0.05) is 11.3 Å². The lowest BCUT2D eigenvalue weighted by Crippen LogP contribution is -2.05. The van der Waals surface area contributed by atoms with Crippen LogP contribution in [0, 0.1) is 10.1 Å². The zero-order chi connectivity index (χ0) is 21.4. The maximum Gasteiger partial charge on any atom is 0.353 e. The first kappa shape index (κ1) is 18.8. The average Bonchev–Trinajstić information content (AvgIpc) is 3.38. The molecule has 0 radical (unpaired) electrons. The van der Waals surface area contributed by atoms with Crippen LogP contribution in [0.2, 0.25) is 0 Å². The number of methoxy groups -OCH3 is 1. The van der Waals surface area contributed by atoms with Crippen LogP contribution in [0.1, 0.15) is 0 Å². The molecule has 4 aromatic rings. The van der Waals surface area contributed by atoms with Crippen LogP contribution in [0.3, 0.4) is 0 Å². The predicted molar refractivity (Wildman–Crippen MR) is 114 cm³/mol. The number of nitrogens with zero attached hydrogens (tertiary/aromatic N) is 4. The largest absolute Gasteiger partial charge is 0.497 e. The zero-order valence-electron chi connectivity index (χ0n) is 16.0. The van der Waals surface area contributed by atoms with E-state index in [9.17, 15) is 10.1 Å². The van der Waals surface area contributed by atoms with Crippen LogP contribution >= 0.6 is 11.3 Å². The summed E-state index contributed by atoms with van der Waals surface area (Å²) >= 11 is 1.33. The van der Waals surface area contributed by atoms with E-state index in [1.807, 2.05) is 12.1 Å². The number of nitrogens with one attached hydrogen (secondary N) is 2. The average molecular weight is 438 g/mol. The third-order valence-corrected chi connectivity index (χ3v) is 5.39. The normalized spacial score (nSPS) is 12.0. The molecule has 0 saturated heterocycles. The summed E-state index contributed by atoms with van der Waals surface area (Å²) in [4.78, 5) is 23.8. The van der Waals surface area contributed by atoms with Crippen LogP contribution in [0.25, 0.3) is 10.2 Å².